The molecule has 0 saturated heterocycles. The van der Waals surface area contributed by atoms with Crippen molar-refractivity contribution in [3.05, 3.63) is 0 Å². The second kappa shape index (κ2) is 6.00. The van der Waals surface area contributed by atoms with Gasteiger partial charge in [-0.1, -0.05) is 39.4 Å². The van der Waals surface area contributed by atoms with Crippen molar-refractivity contribution in [3.8, 4) is 0 Å². The zero-order chi connectivity index (χ0) is 13.9. The van der Waals surface area contributed by atoms with Crippen LogP contribution in [0.1, 0.15) is 53.4 Å². The summed E-state index contributed by atoms with van der Waals surface area (Å²) in [4.78, 5) is 12.6. The van der Waals surface area contributed by atoms with E-state index in [4.69, 9.17) is 18.0 Å². The Labute approximate surface area is 116 Å². The predicted molar refractivity (Wildman–Crippen MR) is 79.3 cm³/mol. The van der Waals surface area contributed by atoms with Gasteiger partial charge in [-0.05, 0) is 38.0 Å². The smallest absolute Gasteiger partial charge is 0.232 e. The third kappa shape index (κ3) is 2.85. The molecule has 1 fully saturated rings. The molecule has 0 aliphatic heterocycles. The Balaban J connectivity index is 2.68. The van der Waals surface area contributed by atoms with Gasteiger partial charge in [0, 0.05) is 6.04 Å². The summed E-state index contributed by atoms with van der Waals surface area (Å²) in [5.41, 5.74) is 5.01. The SMILES string of the molecule is CCC1CCC(NC(=O)C(C)(CC)C(N)=S)C1C. The molecule has 0 heterocycles. The summed E-state index contributed by atoms with van der Waals surface area (Å²) in [5.74, 6) is 1.27. The van der Waals surface area contributed by atoms with Gasteiger partial charge in [0.05, 0.1) is 10.4 Å². The van der Waals surface area contributed by atoms with Crippen LogP contribution < -0.4 is 11.1 Å². The molecule has 0 radical (unpaired) electrons. The number of rotatable bonds is 5. The fourth-order valence-electron chi connectivity index (χ4n) is 2.80. The van der Waals surface area contributed by atoms with Gasteiger partial charge in [-0.3, -0.25) is 4.79 Å². The molecule has 4 heteroatoms. The van der Waals surface area contributed by atoms with E-state index >= 15 is 0 Å². The van der Waals surface area contributed by atoms with Gasteiger partial charge in [0.2, 0.25) is 5.91 Å². The Hall–Kier alpha value is -0.640. The van der Waals surface area contributed by atoms with E-state index in [1.54, 1.807) is 0 Å². The van der Waals surface area contributed by atoms with E-state index in [1.165, 1.54) is 12.8 Å². The molecule has 4 atom stereocenters. The first kappa shape index (κ1) is 15.4. The number of amides is 1. The number of nitrogens with one attached hydrogen (secondary N) is 1. The minimum Gasteiger partial charge on any atom is -0.392 e. The third-order valence-corrected chi connectivity index (χ3v) is 5.27. The molecule has 1 aliphatic carbocycles. The van der Waals surface area contributed by atoms with Crippen molar-refractivity contribution < 1.29 is 4.79 Å². The van der Waals surface area contributed by atoms with Crippen molar-refractivity contribution in [2.75, 3.05) is 0 Å². The van der Waals surface area contributed by atoms with Crippen LogP contribution in [0.2, 0.25) is 0 Å². The first-order valence-electron chi connectivity index (χ1n) is 6.97. The molecule has 3 N–H and O–H groups in total. The summed E-state index contributed by atoms with van der Waals surface area (Å²) in [6.45, 7) is 8.24. The molecule has 1 aliphatic rings. The molecule has 18 heavy (non-hydrogen) atoms. The Morgan fingerprint density at radius 1 is 1.44 bits per heavy atom. The molecule has 104 valence electrons. The molecule has 1 rings (SSSR count). The molecule has 0 aromatic rings. The highest BCUT2D eigenvalue weighted by molar-refractivity contribution is 7.80. The van der Waals surface area contributed by atoms with E-state index in [-0.39, 0.29) is 11.9 Å². The molecular formula is C14H26N2OS. The summed E-state index contributed by atoms with van der Waals surface area (Å²) in [6, 6.07) is 0.280. The van der Waals surface area contributed by atoms with Crippen molar-refractivity contribution >= 4 is 23.1 Å². The quantitative estimate of drug-likeness (QED) is 0.755. The maximum absolute atomic E-state index is 12.4. The minimum absolute atomic E-state index is 0.00824. The van der Waals surface area contributed by atoms with E-state index in [1.807, 2.05) is 13.8 Å². The van der Waals surface area contributed by atoms with Crippen LogP contribution in [-0.4, -0.2) is 16.9 Å². The van der Waals surface area contributed by atoms with Crippen molar-refractivity contribution in [2.45, 2.75) is 59.4 Å². The maximum atomic E-state index is 12.4. The van der Waals surface area contributed by atoms with Crippen LogP contribution in [0.4, 0.5) is 0 Å². The number of hydrogen-bond donors (Lipinski definition) is 2. The Bertz CT molecular complexity index is 332. The average molecular weight is 270 g/mol. The fraction of sp³-hybridized carbons (Fsp3) is 0.857. The third-order valence-electron chi connectivity index (χ3n) is 4.82. The highest BCUT2D eigenvalue weighted by Gasteiger charge is 2.39. The van der Waals surface area contributed by atoms with Gasteiger partial charge in [0.25, 0.3) is 0 Å². The van der Waals surface area contributed by atoms with Gasteiger partial charge in [0.15, 0.2) is 0 Å². The van der Waals surface area contributed by atoms with Crippen LogP contribution in [0.15, 0.2) is 0 Å². The second-order valence-electron chi connectivity index (χ2n) is 5.73. The number of carbonyl (C=O) groups excluding carboxylic acids is 1. The first-order valence-corrected chi connectivity index (χ1v) is 7.38. The molecule has 0 aromatic carbocycles. The van der Waals surface area contributed by atoms with Crippen molar-refractivity contribution in [2.24, 2.45) is 23.0 Å². The van der Waals surface area contributed by atoms with Crippen molar-refractivity contribution in [3.63, 3.8) is 0 Å². The number of thiocarbonyl (C=S) groups is 1. The van der Waals surface area contributed by atoms with Crippen LogP contribution in [0.25, 0.3) is 0 Å². The Kier molecular flexibility index (Phi) is 5.14. The summed E-state index contributed by atoms with van der Waals surface area (Å²) in [5, 5.41) is 3.16. The fourth-order valence-corrected chi connectivity index (χ4v) is 3.04. The van der Waals surface area contributed by atoms with E-state index in [2.05, 4.69) is 19.2 Å². The Morgan fingerprint density at radius 3 is 2.44 bits per heavy atom. The van der Waals surface area contributed by atoms with Crippen LogP contribution in [-0.2, 0) is 4.79 Å². The normalized spacial score (nSPS) is 30.8. The standard InChI is InChI=1S/C14H26N2OS/c1-5-10-7-8-11(9(10)3)16-13(17)14(4,6-2)12(15)18/h9-11H,5-8H2,1-4H3,(H2,15,18)(H,16,17). The lowest BCUT2D eigenvalue weighted by Gasteiger charge is -2.29. The van der Waals surface area contributed by atoms with Crippen LogP contribution >= 0.6 is 12.2 Å². The monoisotopic (exact) mass is 270 g/mol. The number of nitrogens with two attached hydrogens (primary N) is 1. The van der Waals surface area contributed by atoms with Gasteiger partial charge in [-0.15, -0.1) is 0 Å². The van der Waals surface area contributed by atoms with E-state index in [0.29, 0.717) is 17.3 Å². The zero-order valence-electron chi connectivity index (χ0n) is 12.0. The summed E-state index contributed by atoms with van der Waals surface area (Å²) >= 11 is 5.04. The highest BCUT2D eigenvalue weighted by Crippen LogP contribution is 2.34. The summed E-state index contributed by atoms with van der Waals surface area (Å²) < 4.78 is 0. The van der Waals surface area contributed by atoms with Gasteiger partial charge in [0.1, 0.15) is 0 Å². The number of carbonyl (C=O) groups is 1. The lowest BCUT2D eigenvalue weighted by molar-refractivity contribution is -0.128. The lowest BCUT2D eigenvalue weighted by atomic mass is 9.85. The average Bonchev–Trinajstić information content (AvgIpc) is 2.69. The molecule has 1 saturated carbocycles. The lowest BCUT2D eigenvalue weighted by Crippen LogP contribution is -2.50. The predicted octanol–water partition coefficient (Wildman–Crippen LogP) is 2.63. The molecule has 1 amide bonds. The molecule has 0 bridgehead atoms. The van der Waals surface area contributed by atoms with Gasteiger partial charge in [-0.2, -0.15) is 0 Å². The second-order valence-corrected chi connectivity index (χ2v) is 6.17. The topological polar surface area (TPSA) is 55.1 Å². The first-order chi connectivity index (χ1) is 8.36. The van der Waals surface area contributed by atoms with E-state index < -0.39 is 5.41 Å². The van der Waals surface area contributed by atoms with Crippen molar-refractivity contribution in [1.82, 2.24) is 5.32 Å². The molecule has 0 spiro atoms. The zero-order valence-corrected chi connectivity index (χ0v) is 12.8. The molecule has 4 unspecified atom stereocenters. The van der Waals surface area contributed by atoms with Crippen molar-refractivity contribution in [1.29, 1.82) is 0 Å². The van der Waals surface area contributed by atoms with Crippen LogP contribution in [0.5, 0.6) is 0 Å². The largest absolute Gasteiger partial charge is 0.392 e. The Morgan fingerprint density at radius 2 is 2.06 bits per heavy atom. The number of hydrogen-bond acceptors (Lipinski definition) is 2. The van der Waals surface area contributed by atoms with Gasteiger partial charge >= 0.3 is 0 Å². The molecule has 3 nitrogen and oxygen atoms in total. The minimum atomic E-state index is -0.709. The van der Waals surface area contributed by atoms with Crippen LogP contribution in [0, 0.1) is 17.3 Å². The van der Waals surface area contributed by atoms with Gasteiger partial charge < -0.3 is 11.1 Å². The highest BCUT2D eigenvalue weighted by atomic mass is 32.1. The summed E-state index contributed by atoms with van der Waals surface area (Å²) in [6.07, 6.45) is 4.11. The summed E-state index contributed by atoms with van der Waals surface area (Å²) in [7, 11) is 0. The maximum Gasteiger partial charge on any atom is 0.232 e. The molecular weight excluding hydrogens is 244 g/mol. The van der Waals surface area contributed by atoms with Gasteiger partial charge in [-0.25, -0.2) is 0 Å². The molecule has 0 aromatic heterocycles. The van der Waals surface area contributed by atoms with E-state index in [9.17, 15) is 4.79 Å². The van der Waals surface area contributed by atoms with E-state index in [0.717, 1.165) is 12.3 Å². The van der Waals surface area contributed by atoms with Crippen LogP contribution in [0.3, 0.4) is 0 Å².